The van der Waals surface area contributed by atoms with Crippen molar-refractivity contribution in [1.29, 1.82) is 0 Å². The van der Waals surface area contributed by atoms with E-state index in [1.807, 2.05) is 6.92 Å². The summed E-state index contributed by atoms with van der Waals surface area (Å²) in [6, 6.07) is 2.09. The molecule has 112 valence electrons. The number of hydrogen-bond donors (Lipinski definition) is 1. The van der Waals surface area contributed by atoms with Crippen molar-refractivity contribution < 1.29 is 0 Å². The molecule has 1 N–H and O–H groups in total. The lowest BCUT2D eigenvalue weighted by Crippen LogP contribution is -2.46. The van der Waals surface area contributed by atoms with E-state index in [1.165, 1.54) is 13.0 Å². The highest BCUT2D eigenvalue weighted by molar-refractivity contribution is 5.45. The summed E-state index contributed by atoms with van der Waals surface area (Å²) in [7, 11) is 0. The summed E-state index contributed by atoms with van der Waals surface area (Å²) in [6.07, 6.45) is 2.32. The number of anilines is 2. The van der Waals surface area contributed by atoms with Gasteiger partial charge in [-0.05, 0) is 26.3 Å². The lowest BCUT2D eigenvalue weighted by molar-refractivity contribution is 0.258. The van der Waals surface area contributed by atoms with Crippen LogP contribution in [0.3, 0.4) is 0 Å². The molecule has 0 saturated carbocycles. The lowest BCUT2D eigenvalue weighted by Gasteiger charge is -2.35. The van der Waals surface area contributed by atoms with Gasteiger partial charge in [-0.1, -0.05) is 13.8 Å². The Morgan fingerprint density at radius 3 is 2.50 bits per heavy atom. The topological polar surface area (TPSA) is 44.3 Å². The van der Waals surface area contributed by atoms with E-state index in [9.17, 15) is 0 Å². The number of aromatic nitrogens is 2. The largest absolute Gasteiger partial charge is 0.354 e. The molecule has 0 aliphatic carbocycles. The predicted molar refractivity (Wildman–Crippen MR) is 84.5 cm³/mol. The van der Waals surface area contributed by atoms with E-state index in [0.717, 1.165) is 56.6 Å². The van der Waals surface area contributed by atoms with Crippen molar-refractivity contribution in [2.75, 3.05) is 49.5 Å². The smallest absolute Gasteiger partial charge is 0.224 e. The molecule has 2 rings (SSSR count). The average Bonchev–Trinajstić information content (AvgIpc) is 2.46. The molecule has 2 heterocycles. The molecule has 20 heavy (non-hydrogen) atoms. The highest BCUT2D eigenvalue weighted by atomic mass is 15.3. The summed E-state index contributed by atoms with van der Waals surface area (Å²) >= 11 is 0. The van der Waals surface area contributed by atoms with Crippen molar-refractivity contribution in [2.24, 2.45) is 0 Å². The van der Waals surface area contributed by atoms with Crippen LogP contribution in [0.25, 0.3) is 0 Å². The second kappa shape index (κ2) is 7.43. The van der Waals surface area contributed by atoms with Crippen LogP contribution in [-0.2, 0) is 0 Å². The van der Waals surface area contributed by atoms with Crippen LogP contribution in [0.15, 0.2) is 6.07 Å². The van der Waals surface area contributed by atoms with Crippen molar-refractivity contribution in [3.05, 3.63) is 11.8 Å². The highest BCUT2D eigenvalue weighted by Crippen LogP contribution is 2.17. The zero-order valence-corrected chi connectivity index (χ0v) is 13.0. The molecule has 1 aliphatic heterocycles. The molecule has 0 atom stereocenters. The molecule has 0 unspecified atom stereocenters. The standard InChI is InChI=1S/C15H27N5/c1-4-6-16-15-17-13(3)12-14(18-15)20-10-8-19(7-5-2)9-11-20/h12H,4-11H2,1-3H3,(H,16,17,18). The van der Waals surface area contributed by atoms with Crippen LogP contribution in [0.2, 0.25) is 0 Å². The molecule has 1 aromatic rings. The van der Waals surface area contributed by atoms with Gasteiger partial charge in [-0.2, -0.15) is 4.98 Å². The Morgan fingerprint density at radius 1 is 1.10 bits per heavy atom. The molecule has 1 aromatic heterocycles. The van der Waals surface area contributed by atoms with E-state index in [2.05, 4.69) is 45.0 Å². The molecule has 5 nitrogen and oxygen atoms in total. The Balaban J connectivity index is 2.00. The molecule has 0 bridgehead atoms. The Morgan fingerprint density at radius 2 is 1.85 bits per heavy atom. The van der Waals surface area contributed by atoms with Crippen LogP contribution in [0.1, 0.15) is 32.4 Å². The fraction of sp³-hybridized carbons (Fsp3) is 0.733. The number of rotatable bonds is 6. The van der Waals surface area contributed by atoms with Crippen LogP contribution >= 0.6 is 0 Å². The Bertz CT molecular complexity index is 413. The van der Waals surface area contributed by atoms with Crippen LogP contribution in [-0.4, -0.2) is 54.1 Å². The SMILES string of the molecule is CCCNc1nc(C)cc(N2CCN(CCC)CC2)n1. The zero-order valence-electron chi connectivity index (χ0n) is 13.0. The summed E-state index contributed by atoms with van der Waals surface area (Å²) in [6.45, 7) is 12.9. The number of nitrogens with one attached hydrogen (secondary N) is 1. The first kappa shape index (κ1) is 15.0. The van der Waals surface area contributed by atoms with Gasteiger partial charge in [0.25, 0.3) is 0 Å². The van der Waals surface area contributed by atoms with Gasteiger partial charge < -0.3 is 10.2 Å². The van der Waals surface area contributed by atoms with E-state index in [1.54, 1.807) is 0 Å². The Labute approximate surface area is 122 Å². The van der Waals surface area contributed by atoms with Crippen LogP contribution in [0, 0.1) is 6.92 Å². The minimum absolute atomic E-state index is 0.762. The third kappa shape index (κ3) is 4.07. The van der Waals surface area contributed by atoms with Gasteiger partial charge in [-0.25, -0.2) is 4.98 Å². The molecule has 1 aliphatic rings. The third-order valence-corrected chi connectivity index (χ3v) is 3.61. The van der Waals surface area contributed by atoms with Crippen molar-refractivity contribution in [3.63, 3.8) is 0 Å². The Kier molecular flexibility index (Phi) is 5.59. The van der Waals surface area contributed by atoms with Crippen molar-refractivity contribution in [3.8, 4) is 0 Å². The van der Waals surface area contributed by atoms with Gasteiger partial charge in [0.1, 0.15) is 5.82 Å². The maximum atomic E-state index is 4.65. The summed E-state index contributed by atoms with van der Waals surface area (Å²) in [4.78, 5) is 14.0. The van der Waals surface area contributed by atoms with Crippen molar-refractivity contribution in [2.45, 2.75) is 33.6 Å². The van der Waals surface area contributed by atoms with Gasteiger partial charge in [-0.3, -0.25) is 4.90 Å². The summed E-state index contributed by atoms with van der Waals surface area (Å²) in [5, 5.41) is 3.28. The molecule has 1 saturated heterocycles. The molecular weight excluding hydrogens is 250 g/mol. The third-order valence-electron chi connectivity index (χ3n) is 3.61. The quantitative estimate of drug-likeness (QED) is 0.863. The van der Waals surface area contributed by atoms with Gasteiger partial charge in [0.2, 0.25) is 5.95 Å². The second-order valence-electron chi connectivity index (χ2n) is 5.45. The summed E-state index contributed by atoms with van der Waals surface area (Å²) < 4.78 is 0. The molecule has 0 amide bonds. The fourth-order valence-corrected chi connectivity index (χ4v) is 2.55. The highest BCUT2D eigenvalue weighted by Gasteiger charge is 2.18. The number of piperazine rings is 1. The van der Waals surface area contributed by atoms with Crippen molar-refractivity contribution in [1.82, 2.24) is 14.9 Å². The summed E-state index contributed by atoms with van der Waals surface area (Å²) in [5.74, 6) is 1.82. The first-order valence-electron chi connectivity index (χ1n) is 7.79. The van der Waals surface area contributed by atoms with E-state index in [0.29, 0.717) is 0 Å². The zero-order chi connectivity index (χ0) is 14.4. The van der Waals surface area contributed by atoms with Crippen LogP contribution in [0.4, 0.5) is 11.8 Å². The normalized spacial score (nSPS) is 16.4. The van der Waals surface area contributed by atoms with Gasteiger partial charge in [0, 0.05) is 44.5 Å². The van der Waals surface area contributed by atoms with Gasteiger partial charge in [-0.15, -0.1) is 0 Å². The van der Waals surface area contributed by atoms with Gasteiger partial charge in [0.05, 0.1) is 0 Å². The minimum atomic E-state index is 0.762. The fourth-order valence-electron chi connectivity index (χ4n) is 2.55. The van der Waals surface area contributed by atoms with Crippen LogP contribution < -0.4 is 10.2 Å². The molecule has 0 radical (unpaired) electrons. The first-order chi connectivity index (χ1) is 9.72. The predicted octanol–water partition coefficient (Wildman–Crippen LogP) is 2.14. The monoisotopic (exact) mass is 277 g/mol. The Hall–Kier alpha value is -1.36. The van der Waals surface area contributed by atoms with E-state index >= 15 is 0 Å². The van der Waals surface area contributed by atoms with Gasteiger partial charge >= 0.3 is 0 Å². The van der Waals surface area contributed by atoms with E-state index in [-0.39, 0.29) is 0 Å². The average molecular weight is 277 g/mol. The molecule has 0 aromatic carbocycles. The minimum Gasteiger partial charge on any atom is -0.354 e. The summed E-state index contributed by atoms with van der Waals surface area (Å²) in [5.41, 5.74) is 1.03. The van der Waals surface area contributed by atoms with E-state index < -0.39 is 0 Å². The maximum Gasteiger partial charge on any atom is 0.224 e. The number of hydrogen-bond acceptors (Lipinski definition) is 5. The number of nitrogens with zero attached hydrogens (tertiary/aromatic N) is 4. The maximum absolute atomic E-state index is 4.65. The number of aryl methyl sites for hydroxylation is 1. The molecule has 0 spiro atoms. The molecule has 5 heteroatoms. The van der Waals surface area contributed by atoms with E-state index in [4.69, 9.17) is 0 Å². The van der Waals surface area contributed by atoms with Crippen molar-refractivity contribution >= 4 is 11.8 Å². The second-order valence-corrected chi connectivity index (χ2v) is 5.45. The molecular formula is C15H27N5. The lowest BCUT2D eigenvalue weighted by atomic mass is 10.3. The first-order valence-corrected chi connectivity index (χ1v) is 7.79. The van der Waals surface area contributed by atoms with Crippen LogP contribution in [0.5, 0.6) is 0 Å². The molecule has 1 fully saturated rings. The van der Waals surface area contributed by atoms with Gasteiger partial charge in [0.15, 0.2) is 0 Å².